The molecule has 15 heavy (non-hydrogen) atoms. The first-order chi connectivity index (χ1) is 6.92. The predicted octanol–water partition coefficient (Wildman–Crippen LogP) is 2.09. The molecule has 4 heteroatoms. The predicted molar refractivity (Wildman–Crippen MR) is 64.5 cm³/mol. The molecule has 0 fully saturated rings. The topological polar surface area (TPSA) is 45.1 Å². The van der Waals surface area contributed by atoms with Crippen molar-refractivity contribution in [2.75, 3.05) is 0 Å². The summed E-state index contributed by atoms with van der Waals surface area (Å²) in [4.78, 5) is 4.25. The molecule has 84 valence electrons. The zero-order valence-electron chi connectivity index (χ0n) is 9.29. The molecule has 0 aromatic carbocycles. The van der Waals surface area contributed by atoms with Crippen molar-refractivity contribution in [1.82, 2.24) is 10.3 Å². The van der Waals surface area contributed by atoms with E-state index in [4.69, 9.17) is 0 Å². The molecule has 1 aromatic heterocycles. The molecule has 0 saturated heterocycles. The summed E-state index contributed by atoms with van der Waals surface area (Å²) in [7, 11) is 0. The van der Waals surface area contributed by atoms with Gasteiger partial charge in [-0.2, -0.15) is 0 Å². The molecule has 0 aliphatic heterocycles. The first-order valence-corrected chi connectivity index (χ1v) is 5.74. The summed E-state index contributed by atoms with van der Waals surface area (Å²) in [6, 6.07) is 3.91. The number of aliphatic hydroxyl groups excluding tert-OH is 1. The third-order valence-corrected chi connectivity index (χ3v) is 3.03. The molecule has 0 spiro atoms. The lowest BCUT2D eigenvalue weighted by Gasteiger charge is -2.29. The van der Waals surface area contributed by atoms with Crippen LogP contribution in [0.15, 0.2) is 22.8 Å². The summed E-state index contributed by atoms with van der Waals surface area (Å²) < 4.78 is 0.973. The quantitative estimate of drug-likeness (QED) is 0.883. The molecule has 1 atom stereocenters. The van der Waals surface area contributed by atoms with Crippen molar-refractivity contribution in [2.45, 2.75) is 39.0 Å². The van der Waals surface area contributed by atoms with E-state index in [1.54, 1.807) is 13.1 Å². The number of halogens is 1. The Morgan fingerprint density at radius 3 is 2.67 bits per heavy atom. The minimum absolute atomic E-state index is 0.297. The highest BCUT2D eigenvalue weighted by molar-refractivity contribution is 9.10. The van der Waals surface area contributed by atoms with E-state index in [2.05, 4.69) is 26.2 Å². The van der Waals surface area contributed by atoms with Gasteiger partial charge in [-0.3, -0.25) is 4.98 Å². The molecule has 1 rings (SSSR count). The second kappa shape index (κ2) is 5.05. The van der Waals surface area contributed by atoms with Crippen LogP contribution in [0.5, 0.6) is 0 Å². The zero-order chi connectivity index (χ0) is 11.5. The van der Waals surface area contributed by atoms with E-state index in [1.807, 2.05) is 26.0 Å². The number of aliphatic hydroxyl groups is 1. The Kier molecular flexibility index (Phi) is 4.25. The summed E-state index contributed by atoms with van der Waals surface area (Å²) in [5.74, 6) is 0. The Balaban J connectivity index is 2.54. The maximum Gasteiger partial charge on any atom is 0.0688 e. The SMILES string of the molecule is CC(O)C(C)(C)NCc1ccc(Br)cn1. The van der Waals surface area contributed by atoms with Crippen LogP contribution in [-0.4, -0.2) is 21.7 Å². The summed E-state index contributed by atoms with van der Waals surface area (Å²) in [6.07, 6.45) is 1.37. The van der Waals surface area contributed by atoms with E-state index in [1.165, 1.54) is 0 Å². The van der Waals surface area contributed by atoms with Gasteiger partial charge in [0.1, 0.15) is 0 Å². The third kappa shape index (κ3) is 3.89. The molecule has 1 unspecified atom stereocenters. The lowest BCUT2D eigenvalue weighted by atomic mass is 9.99. The van der Waals surface area contributed by atoms with Gasteiger partial charge in [-0.25, -0.2) is 0 Å². The first kappa shape index (κ1) is 12.6. The van der Waals surface area contributed by atoms with E-state index in [-0.39, 0.29) is 5.54 Å². The largest absolute Gasteiger partial charge is 0.392 e. The van der Waals surface area contributed by atoms with Crippen LogP contribution in [0, 0.1) is 0 Å². The van der Waals surface area contributed by atoms with E-state index < -0.39 is 6.10 Å². The minimum Gasteiger partial charge on any atom is -0.392 e. The lowest BCUT2D eigenvalue weighted by Crippen LogP contribution is -2.47. The van der Waals surface area contributed by atoms with Crippen LogP contribution in [-0.2, 0) is 6.54 Å². The second-order valence-electron chi connectivity index (χ2n) is 4.22. The summed E-state index contributed by atoms with van der Waals surface area (Å²) in [6.45, 7) is 6.38. The van der Waals surface area contributed by atoms with E-state index >= 15 is 0 Å². The van der Waals surface area contributed by atoms with Crippen LogP contribution >= 0.6 is 15.9 Å². The Bertz CT molecular complexity index is 309. The van der Waals surface area contributed by atoms with E-state index in [0.29, 0.717) is 6.54 Å². The Morgan fingerprint density at radius 1 is 1.53 bits per heavy atom. The molecule has 2 N–H and O–H groups in total. The van der Waals surface area contributed by atoms with Crippen molar-refractivity contribution in [2.24, 2.45) is 0 Å². The van der Waals surface area contributed by atoms with E-state index in [0.717, 1.165) is 10.2 Å². The fourth-order valence-corrected chi connectivity index (χ4v) is 1.21. The number of aromatic nitrogens is 1. The van der Waals surface area contributed by atoms with Gasteiger partial charge in [-0.15, -0.1) is 0 Å². The number of hydrogen-bond donors (Lipinski definition) is 2. The van der Waals surface area contributed by atoms with Crippen molar-refractivity contribution in [1.29, 1.82) is 0 Å². The average molecular weight is 273 g/mol. The molecule has 0 bridgehead atoms. The van der Waals surface area contributed by atoms with Gasteiger partial charge in [0, 0.05) is 22.8 Å². The van der Waals surface area contributed by atoms with Crippen molar-refractivity contribution in [3.63, 3.8) is 0 Å². The van der Waals surface area contributed by atoms with Crippen LogP contribution in [0.25, 0.3) is 0 Å². The summed E-state index contributed by atoms with van der Waals surface area (Å²) in [5, 5.41) is 12.8. The Hall–Kier alpha value is -0.450. The van der Waals surface area contributed by atoms with Gasteiger partial charge in [0.05, 0.1) is 11.8 Å². The van der Waals surface area contributed by atoms with Gasteiger partial charge in [0.2, 0.25) is 0 Å². The van der Waals surface area contributed by atoms with Crippen LogP contribution in [0.1, 0.15) is 26.5 Å². The highest BCUT2D eigenvalue weighted by Gasteiger charge is 2.22. The molecule has 1 heterocycles. The fourth-order valence-electron chi connectivity index (χ4n) is 0.977. The van der Waals surface area contributed by atoms with Crippen molar-refractivity contribution in [3.05, 3.63) is 28.5 Å². The number of rotatable bonds is 4. The number of pyridine rings is 1. The maximum atomic E-state index is 9.51. The van der Waals surface area contributed by atoms with Crippen LogP contribution in [0.4, 0.5) is 0 Å². The van der Waals surface area contributed by atoms with Gasteiger partial charge in [-0.05, 0) is 48.8 Å². The van der Waals surface area contributed by atoms with Gasteiger partial charge >= 0.3 is 0 Å². The van der Waals surface area contributed by atoms with Crippen LogP contribution < -0.4 is 5.32 Å². The van der Waals surface area contributed by atoms with Gasteiger partial charge in [0.15, 0.2) is 0 Å². The van der Waals surface area contributed by atoms with E-state index in [9.17, 15) is 5.11 Å². The van der Waals surface area contributed by atoms with Crippen molar-refractivity contribution < 1.29 is 5.11 Å². The molecule has 0 amide bonds. The molecular weight excluding hydrogens is 256 g/mol. The molecular formula is C11H17BrN2O. The number of nitrogens with one attached hydrogen (secondary N) is 1. The highest BCUT2D eigenvalue weighted by atomic mass is 79.9. The average Bonchev–Trinajstić information content (AvgIpc) is 2.17. The van der Waals surface area contributed by atoms with Gasteiger partial charge in [0.25, 0.3) is 0 Å². The lowest BCUT2D eigenvalue weighted by molar-refractivity contribution is 0.0954. The smallest absolute Gasteiger partial charge is 0.0688 e. The molecule has 0 aliphatic carbocycles. The minimum atomic E-state index is -0.395. The Morgan fingerprint density at radius 2 is 2.20 bits per heavy atom. The monoisotopic (exact) mass is 272 g/mol. The molecule has 0 radical (unpaired) electrons. The van der Waals surface area contributed by atoms with Crippen LogP contribution in [0.3, 0.4) is 0 Å². The van der Waals surface area contributed by atoms with Gasteiger partial charge < -0.3 is 10.4 Å². The molecule has 3 nitrogen and oxygen atoms in total. The normalized spacial score (nSPS) is 13.9. The standard InChI is InChI=1S/C11H17BrN2O/c1-8(15)11(2,3)14-7-10-5-4-9(12)6-13-10/h4-6,8,14-15H,7H2,1-3H3. The van der Waals surface area contributed by atoms with Crippen molar-refractivity contribution >= 4 is 15.9 Å². The highest BCUT2D eigenvalue weighted by Crippen LogP contribution is 2.11. The second-order valence-corrected chi connectivity index (χ2v) is 5.13. The molecule has 0 aliphatic rings. The maximum absolute atomic E-state index is 9.51. The van der Waals surface area contributed by atoms with Crippen LogP contribution in [0.2, 0.25) is 0 Å². The van der Waals surface area contributed by atoms with Crippen molar-refractivity contribution in [3.8, 4) is 0 Å². The Labute approximate surface area is 99.1 Å². The molecule has 1 aromatic rings. The molecule has 0 saturated carbocycles. The van der Waals surface area contributed by atoms with Gasteiger partial charge in [-0.1, -0.05) is 0 Å². The first-order valence-electron chi connectivity index (χ1n) is 4.95. The summed E-state index contributed by atoms with van der Waals surface area (Å²) >= 11 is 3.34. The zero-order valence-corrected chi connectivity index (χ0v) is 10.9. The summed E-state index contributed by atoms with van der Waals surface area (Å²) in [5.41, 5.74) is 0.668. The fraction of sp³-hybridized carbons (Fsp3) is 0.545. The number of nitrogens with zero attached hydrogens (tertiary/aromatic N) is 1. The number of hydrogen-bond acceptors (Lipinski definition) is 3. The third-order valence-electron chi connectivity index (χ3n) is 2.56.